The molecule has 1 aromatic rings. The van der Waals surface area contributed by atoms with E-state index in [9.17, 15) is 19.8 Å². The van der Waals surface area contributed by atoms with Crippen LogP contribution >= 0.6 is 162 Å². The molecule has 14 unspecified atom stereocenters. The standard InChI is InChI=1S/C29H56O10P20/c1-14-17(38-52(58(50)55(44)45)59(56(46)47)57(48)49)12-29(34)24(36-25(33)16-9-7-6-8-10-16)22-27(5,23(32)21(31)20(14)26(29,3)4)18(39-51(53(40)41)54(42)43)11-19-28(22,13-35-19)37-15(2)30/h6-10,17-19,21-22,24,31,34H,11-13,40-50H2,1-5H3/t17-,18-,19+,21+,22-,24-,27+,28-,29?,52?,58?/m0/s1. The molecule has 22 atom stereocenters. The summed E-state index contributed by atoms with van der Waals surface area (Å²) in [6.07, 6.45) is -5.36. The smallest absolute Gasteiger partial charge is 0.338 e. The Kier molecular flexibility index (Phi) is 21.4. The van der Waals surface area contributed by atoms with E-state index in [4.69, 9.17) is 23.3 Å². The van der Waals surface area contributed by atoms with Crippen molar-refractivity contribution in [1.82, 2.24) is 0 Å². The van der Waals surface area contributed by atoms with Gasteiger partial charge in [-0.3, -0.25) is 9.59 Å². The summed E-state index contributed by atoms with van der Waals surface area (Å²) in [5, 5.41) is 26.9. The van der Waals surface area contributed by atoms with E-state index in [1.807, 2.05) is 6.92 Å². The molecule has 1 aliphatic heterocycles. The number of esters is 2. The Balaban J connectivity index is 1.85. The van der Waals surface area contributed by atoms with Gasteiger partial charge in [-0.25, -0.2) is 4.79 Å². The van der Waals surface area contributed by atoms with E-state index in [1.165, 1.54) is 6.92 Å². The average molecular weight is 1180 g/mol. The second-order valence-electron chi connectivity index (χ2n) is 15.3. The number of Topliss-reactive ketones (excluding diaryl/α,β-unsaturated/α-hetero) is 1. The van der Waals surface area contributed by atoms with Crippen molar-refractivity contribution in [2.24, 2.45) is 16.7 Å². The molecule has 3 fully saturated rings. The Labute approximate surface area is 384 Å². The van der Waals surface area contributed by atoms with Gasteiger partial charge in [0.15, 0.2) is 11.4 Å². The maximum Gasteiger partial charge on any atom is 0.338 e. The van der Waals surface area contributed by atoms with Crippen LogP contribution in [0, 0.1) is 16.7 Å². The van der Waals surface area contributed by atoms with Crippen LogP contribution in [0.5, 0.6) is 0 Å². The molecular weight excluding hydrogens is 1130 g/mol. The molecule has 10 nitrogen and oxygen atoms in total. The lowest BCUT2D eigenvalue weighted by Gasteiger charge is -2.68. The van der Waals surface area contributed by atoms with E-state index in [-0.39, 0.29) is 25.0 Å². The monoisotopic (exact) mass is 1180 g/mol. The number of fused-ring (bicyclic) bond motifs is 5. The van der Waals surface area contributed by atoms with Crippen LogP contribution in [0.15, 0.2) is 41.5 Å². The van der Waals surface area contributed by atoms with Crippen LogP contribution in [0.1, 0.15) is 57.8 Å². The third-order valence-corrected chi connectivity index (χ3v) is 105. The Bertz CT molecular complexity index is 1750. The summed E-state index contributed by atoms with van der Waals surface area (Å²) in [4.78, 5) is 43.6. The first kappa shape index (κ1) is 55.9. The van der Waals surface area contributed by atoms with Crippen molar-refractivity contribution >= 4 is 180 Å². The lowest BCUT2D eigenvalue weighted by Crippen LogP contribution is -2.81. The van der Waals surface area contributed by atoms with Crippen LogP contribution in [0.3, 0.4) is 0 Å². The zero-order chi connectivity index (χ0) is 44.3. The molecule has 0 aromatic heterocycles. The van der Waals surface area contributed by atoms with Gasteiger partial charge in [0.2, 0.25) is 0 Å². The van der Waals surface area contributed by atoms with E-state index < -0.39 is 140 Å². The van der Waals surface area contributed by atoms with E-state index in [2.05, 4.69) is 98.2 Å². The van der Waals surface area contributed by atoms with Crippen molar-refractivity contribution in [2.75, 3.05) is 6.61 Å². The minimum Gasteiger partial charge on any atom is -0.455 e. The summed E-state index contributed by atoms with van der Waals surface area (Å²) < 4.78 is 33.9. The Morgan fingerprint density at radius 2 is 1.42 bits per heavy atom. The number of carbonyl (C=O) groups excluding carboxylic acids is 3. The molecule has 2 bridgehead atoms. The summed E-state index contributed by atoms with van der Waals surface area (Å²) in [6.45, 7) is 3.83. The third-order valence-electron chi connectivity index (χ3n) is 11.7. The fraction of sp³-hybridized carbons (Fsp3) is 0.621. The van der Waals surface area contributed by atoms with Gasteiger partial charge in [0.25, 0.3) is 0 Å². The number of hydrogen-bond donors (Lipinski definition) is 2. The molecule has 2 N–H and O–H groups in total. The van der Waals surface area contributed by atoms with Crippen LogP contribution in [0.25, 0.3) is 0 Å². The quantitative estimate of drug-likeness (QED) is 0.105. The van der Waals surface area contributed by atoms with Gasteiger partial charge in [-0.1, -0.05) is 41.0 Å². The van der Waals surface area contributed by atoms with Crippen molar-refractivity contribution in [3.8, 4) is 0 Å². The fourth-order valence-corrected chi connectivity index (χ4v) is 138. The number of aliphatic hydroxyl groups is 2. The molecule has 332 valence electrons. The zero-order valence-corrected chi connectivity index (χ0v) is 53.8. The number of aliphatic hydroxyl groups excluding tert-OH is 1. The molecule has 3 aliphatic carbocycles. The van der Waals surface area contributed by atoms with Crippen LogP contribution in [-0.2, 0) is 32.8 Å². The normalized spacial score (nSPS) is 34.2. The lowest BCUT2D eigenvalue weighted by molar-refractivity contribution is -0.343. The van der Waals surface area contributed by atoms with Gasteiger partial charge >= 0.3 is 11.9 Å². The van der Waals surface area contributed by atoms with Gasteiger partial charge in [-0.15, -0.1) is 89.3 Å². The van der Waals surface area contributed by atoms with Crippen LogP contribution in [0.4, 0.5) is 0 Å². The predicted octanol–water partition coefficient (Wildman–Crippen LogP) is 13.4. The third kappa shape index (κ3) is 11.1. The van der Waals surface area contributed by atoms with Crippen LogP contribution in [0.2, 0.25) is 0 Å². The Morgan fingerprint density at radius 1 is 0.847 bits per heavy atom. The first-order valence-corrected chi connectivity index (χ1v) is 52.4. The largest absolute Gasteiger partial charge is 0.455 e. The summed E-state index contributed by atoms with van der Waals surface area (Å²) in [7, 11) is 30.3. The molecular formula is C29H56O10P20. The molecule has 59 heavy (non-hydrogen) atoms. The molecule has 1 heterocycles. The van der Waals surface area contributed by atoms with Crippen molar-refractivity contribution in [2.45, 2.75) is 89.2 Å². The SMILES string of the molecule is CC(=O)O[C@@]12CO[C@@H]1C[C@H](OP(P(P)P)P(P)P)[C@@]1(C)C(=O)[C@H](O)C3=C(C)[C@@H](OP(P(P)P(P)P)P(P(P)P)P(P)P)CC(O)([C@@H](OC(=O)c4ccccc4)[C@H]21)C3(C)C. The number of carbonyl (C=O) groups is 3. The summed E-state index contributed by atoms with van der Waals surface area (Å²) >= 11 is 0. The minimum absolute atomic E-state index is 0.0146. The molecule has 1 saturated heterocycles. The Morgan fingerprint density at radius 3 is 1.90 bits per heavy atom. The van der Waals surface area contributed by atoms with Gasteiger partial charge in [0.05, 0.1) is 50.8 Å². The van der Waals surface area contributed by atoms with Crippen LogP contribution in [-0.4, -0.2) is 76.3 Å². The summed E-state index contributed by atoms with van der Waals surface area (Å²) in [6, 6.07) is 8.54. The van der Waals surface area contributed by atoms with E-state index in [0.717, 1.165) is 0 Å². The zero-order valence-electron chi connectivity index (χ0n) is 33.0. The van der Waals surface area contributed by atoms with Gasteiger partial charge in [0, 0.05) is 39.2 Å². The van der Waals surface area contributed by atoms with Gasteiger partial charge < -0.3 is 33.5 Å². The number of ketones is 1. The molecule has 5 rings (SSSR count). The van der Waals surface area contributed by atoms with Gasteiger partial charge in [0.1, 0.15) is 23.9 Å². The van der Waals surface area contributed by atoms with Gasteiger partial charge in [-0.2, -0.15) is 0 Å². The van der Waals surface area contributed by atoms with Crippen molar-refractivity contribution in [3.63, 3.8) is 0 Å². The maximum absolute atomic E-state index is 15.8. The van der Waals surface area contributed by atoms with E-state index in [0.29, 0.717) is 11.1 Å². The molecule has 4 aliphatic rings. The average Bonchev–Trinajstić information content (AvgIpc) is 3.13. The number of benzene rings is 1. The number of rotatable bonds is 14. The van der Waals surface area contributed by atoms with Crippen molar-refractivity contribution < 1.29 is 47.9 Å². The van der Waals surface area contributed by atoms with Crippen LogP contribution < -0.4 is 0 Å². The Hall–Kier alpha value is 5.97. The maximum atomic E-state index is 15.8. The fourth-order valence-electron chi connectivity index (χ4n) is 8.90. The molecule has 0 spiro atoms. The first-order chi connectivity index (χ1) is 27.3. The minimum atomic E-state index is -1.98. The number of ether oxygens (including phenoxy) is 3. The highest BCUT2D eigenvalue weighted by molar-refractivity contribution is 9.19. The highest BCUT2D eigenvalue weighted by Crippen LogP contribution is 3.17. The second-order valence-corrected chi connectivity index (χ2v) is 87.7. The highest BCUT2D eigenvalue weighted by Gasteiger charge is 2.78. The second kappa shape index (κ2) is 22.6. The number of hydrogen-bond acceptors (Lipinski definition) is 10. The predicted molar refractivity (Wildman–Crippen MR) is 302 cm³/mol. The van der Waals surface area contributed by atoms with E-state index in [1.54, 1.807) is 51.1 Å². The topological polar surface area (TPSA) is 138 Å². The van der Waals surface area contributed by atoms with Crippen molar-refractivity contribution in [1.29, 1.82) is 0 Å². The summed E-state index contributed by atoms with van der Waals surface area (Å²) in [5.74, 6) is -3.07. The molecule has 1 aromatic carbocycles. The molecule has 2 saturated carbocycles. The molecule has 30 heteroatoms. The molecule has 0 radical (unpaired) electrons. The molecule has 0 amide bonds. The summed E-state index contributed by atoms with van der Waals surface area (Å²) in [5.41, 5.74) is -5.22. The van der Waals surface area contributed by atoms with E-state index >= 15 is 4.79 Å². The lowest BCUT2D eigenvalue weighted by atomic mass is 9.44. The highest BCUT2D eigenvalue weighted by atomic mass is 33.2. The van der Waals surface area contributed by atoms with Crippen molar-refractivity contribution in [3.05, 3.63) is 47.0 Å². The first-order valence-electron chi connectivity index (χ1n) is 17.8. The van der Waals surface area contributed by atoms with Gasteiger partial charge in [-0.05, 0) is 72.1 Å².